The van der Waals surface area contributed by atoms with Gasteiger partial charge in [0.25, 0.3) is 0 Å². The van der Waals surface area contributed by atoms with E-state index in [-0.39, 0.29) is 11.9 Å². The van der Waals surface area contributed by atoms with Gasteiger partial charge in [-0.05, 0) is 59.3 Å². The van der Waals surface area contributed by atoms with Crippen molar-refractivity contribution >= 4 is 34.1 Å². The molecule has 4 aromatic rings. The van der Waals surface area contributed by atoms with Crippen LogP contribution in [0.1, 0.15) is 28.8 Å². The van der Waals surface area contributed by atoms with Crippen molar-refractivity contribution in [3.63, 3.8) is 0 Å². The van der Waals surface area contributed by atoms with Gasteiger partial charge in [0.15, 0.2) is 5.96 Å². The molecule has 2 aromatic heterocycles. The van der Waals surface area contributed by atoms with Crippen LogP contribution >= 0.6 is 11.3 Å². The average Bonchev–Trinajstić information content (AvgIpc) is 3.44. The molecule has 0 aliphatic carbocycles. The molecule has 3 heterocycles. The third-order valence-electron chi connectivity index (χ3n) is 6.23. The van der Waals surface area contributed by atoms with E-state index >= 15 is 0 Å². The molecule has 0 spiro atoms. The molecule has 0 saturated heterocycles. The van der Waals surface area contributed by atoms with Gasteiger partial charge in [-0.1, -0.05) is 18.2 Å². The summed E-state index contributed by atoms with van der Waals surface area (Å²) in [4.78, 5) is 20.7. The molecule has 2 atom stereocenters. The Kier molecular flexibility index (Phi) is 4.80. The van der Waals surface area contributed by atoms with Crippen molar-refractivity contribution in [3.05, 3.63) is 76.1 Å². The molecule has 0 bridgehead atoms. The van der Waals surface area contributed by atoms with Gasteiger partial charge >= 0.3 is 0 Å². The molecule has 0 saturated carbocycles. The molecule has 1 aliphatic heterocycles. The van der Waals surface area contributed by atoms with Gasteiger partial charge in [0.1, 0.15) is 5.54 Å². The molecule has 0 fully saturated rings. The normalized spacial score (nSPS) is 20.7. The number of carbonyl (C=O) groups is 1. The zero-order chi connectivity index (χ0) is 23.3. The lowest BCUT2D eigenvalue weighted by molar-refractivity contribution is -0.130. The predicted octanol–water partition coefficient (Wildman–Crippen LogP) is 3.96. The molecule has 0 radical (unpaired) electrons. The summed E-state index contributed by atoms with van der Waals surface area (Å²) in [5, 5.41) is 16.7. The Hall–Kier alpha value is -3.96. The van der Waals surface area contributed by atoms with E-state index in [9.17, 15) is 10.1 Å². The number of aliphatic imine (C=N–C) groups is 1. The number of aryl methyl sites for hydroxylation is 1. The molecule has 5 rings (SSSR count). The van der Waals surface area contributed by atoms with E-state index in [2.05, 4.69) is 11.2 Å². The predicted molar refractivity (Wildman–Crippen MR) is 130 cm³/mol. The number of aromatic nitrogens is 2. The lowest BCUT2D eigenvalue weighted by atomic mass is 9.77. The summed E-state index contributed by atoms with van der Waals surface area (Å²) in [5.41, 5.74) is 9.58. The molecule has 8 heteroatoms. The third-order valence-corrected chi connectivity index (χ3v) is 7.39. The number of rotatable bonds is 3. The number of hydrogen-bond donors (Lipinski definition) is 1. The first-order chi connectivity index (χ1) is 15.8. The number of carbonyl (C=O) groups excluding carboxylic acids is 1. The monoisotopic (exact) mass is 454 g/mol. The number of benzene rings is 2. The second kappa shape index (κ2) is 7.57. The zero-order valence-corrected chi connectivity index (χ0v) is 19.3. The van der Waals surface area contributed by atoms with Gasteiger partial charge in [0.05, 0.1) is 23.1 Å². The van der Waals surface area contributed by atoms with Crippen LogP contribution < -0.4 is 5.73 Å². The second-order valence-corrected chi connectivity index (χ2v) is 9.37. The van der Waals surface area contributed by atoms with E-state index < -0.39 is 11.5 Å². The fourth-order valence-corrected chi connectivity index (χ4v) is 5.51. The van der Waals surface area contributed by atoms with Crippen LogP contribution in [-0.4, -0.2) is 33.6 Å². The first-order valence-corrected chi connectivity index (χ1v) is 11.3. The summed E-state index contributed by atoms with van der Waals surface area (Å²) in [6.45, 7) is 1.96. The smallest absolute Gasteiger partial charge is 0.239 e. The van der Waals surface area contributed by atoms with Gasteiger partial charge in [-0.3, -0.25) is 14.4 Å². The summed E-state index contributed by atoms with van der Waals surface area (Å²) in [5.74, 6) is -0.450. The molecule has 0 unspecified atom stereocenters. The Morgan fingerprint density at radius 3 is 2.76 bits per heavy atom. The van der Waals surface area contributed by atoms with Gasteiger partial charge in [-0.2, -0.15) is 10.4 Å². The SMILES string of the molecule is CN1C(=O)[C@@H](c2ccc3nn(C)cc3c2)[C@@](C)(c2cc(-c3cccc(C#N)c3)cs2)N=C1N. The number of nitrogens with two attached hydrogens (primary N) is 1. The number of guanidine groups is 1. The van der Waals surface area contributed by atoms with Crippen LogP contribution in [-0.2, 0) is 17.4 Å². The number of fused-ring (bicyclic) bond motifs is 1. The van der Waals surface area contributed by atoms with Crippen molar-refractivity contribution in [2.45, 2.75) is 18.4 Å². The van der Waals surface area contributed by atoms with Crippen LogP contribution in [0.3, 0.4) is 0 Å². The van der Waals surface area contributed by atoms with Gasteiger partial charge in [0, 0.05) is 30.6 Å². The number of likely N-dealkylation sites (N-methyl/N-ethyl adjacent to an activating group) is 1. The van der Waals surface area contributed by atoms with Gasteiger partial charge in [0.2, 0.25) is 5.91 Å². The summed E-state index contributed by atoms with van der Waals surface area (Å²) >= 11 is 1.54. The standard InChI is InChI=1S/C25H22N6OS/c1-25(21-11-19(14-33-21)16-6-4-5-15(9-16)12-26)22(23(32)31(3)24(27)28-25)17-7-8-20-18(10-17)13-30(2)29-20/h4-11,13-14,22H,1-3H3,(H2,27,28)/t22-,25-/m1/s1. The Morgan fingerprint density at radius 2 is 1.97 bits per heavy atom. The Labute approximate surface area is 195 Å². The minimum Gasteiger partial charge on any atom is -0.369 e. The third kappa shape index (κ3) is 3.38. The van der Waals surface area contributed by atoms with E-state index in [4.69, 9.17) is 10.7 Å². The van der Waals surface area contributed by atoms with E-state index in [0.29, 0.717) is 5.56 Å². The van der Waals surface area contributed by atoms with Crippen molar-refractivity contribution in [3.8, 4) is 17.2 Å². The molecule has 1 aliphatic rings. The Bertz CT molecular complexity index is 1480. The number of hydrogen-bond acceptors (Lipinski definition) is 6. The van der Waals surface area contributed by atoms with Crippen LogP contribution in [0.25, 0.3) is 22.0 Å². The zero-order valence-electron chi connectivity index (χ0n) is 18.5. The van der Waals surface area contributed by atoms with E-state index in [1.165, 1.54) is 4.90 Å². The van der Waals surface area contributed by atoms with Crippen molar-refractivity contribution in [1.82, 2.24) is 14.7 Å². The number of amides is 1. The maximum absolute atomic E-state index is 13.5. The van der Waals surface area contributed by atoms with Crippen LogP contribution in [0, 0.1) is 11.3 Å². The summed E-state index contributed by atoms with van der Waals surface area (Å²) < 4.78 is 1.76. The minimum absolute atomic E-state index is 0.102. The quantitative estimate of drug-likeness (QED) is 0.506. The fourth-order valence-electron chi connectivity index (χ4n) is 4.46. The highest BCUT2D eigenvalue weighted by molar-refractivity contribution is 7.10. The highest BCUT2D eigenvalue weighted by Gasteiger charge is 2.48. The maximum atomic E-state index is 13.5. The number of thiophene rings is 1. The molecule has 164 valence electrons. The molecule has 33 heavy (non-hydrogen) atoms. The number of nitrogens with zero attached hydrogens (tertiary/aromatic N) is 5. The van der Waals surface area contributed by atoms with Crippen LogP contribution in [0.2, 0.25) is 0 Å². The molecule has 7 nitrogen and oxygen atoms in total. The topological polar surface area (TPSA) is 100 Å². The van der Waals surface area contributed by atoms with E-state index in [0.717, 1.165) is 32.5 Å². The van der Waals surface area contributed by atoms with Crippen molar-refractivity contribution in [2.75, 3.05) is 7.05 Å². The van der Waals surface area contributed by atoms with E-state index in [1.807, 2.05) is 68.0 Å². The van der Waals surface area contributed by atoms with Crippen LogP contribution in [0.4, 0.5) is 0 Å². The maximum Gasteiger partial charge on any atom is 0.239 e. The van der Waals surface area contributed by atoms with Crippen LogP contribution in [0.15, 0.2) is 65.1 Å². The lowest BCUT2D eigenvalue weighted by Gasteiger charge is -2.40. The number of nitriles is 1. The largest absolute Gasteiger partial charge is 0.369 e. The second-order valence-electron chi connectivity index (χ2n) is 8.46. The molecule has 2 aromatic carbocycles. The molecule has 2 N–H and O–H groups in total. The van der Waals surface area contributed by atoms with E-state index in [1.54, 1.807) is 29.1 Å². The molecular formula is C25H22N6OS. The van der Waals surface area contributed by atoms with Gasteiger partial charge in [-0.25, -0.2) is 4.99 Å². The molecular weight excluding hydrogens is 432 g/mol. The summed E-state index contributed by atoms with van der Waals surface area (Å²) in [6.07, 6.45) is 1.94. The Morgan fingerprint density at radius 1 is 1.15 bits per heavy atom. The fraction of sp³-hybridized carbons (Fsp3) is 0.200. The first kappa shape index (κ1) is 20.9. The summed E-state index contributed by atoms with van der Waals surface area (Å²) in [6, 6.07) is 17.6. The lowest BCUT2D eigenvalue weighted by Crippen LogP contribution is -2.52. The van der Waals surface area contributed by atoms with Crippen molar-refractivity contribution in [1.29, 1.82) is 5.26 Å². The van der Waals surface area contributed by atoms with Gasteiger partial charge in [-0.15, -0.1) is 11.3 Å². The van der Waals surface area contributed by atoms with Crippen LogP contribution in [0.5, 0.6) is 0 Å². The first-order valence-electron chi connectivity index (χ1n) is 10.5. The molecule has 1 amide bonds. The minimum atomic E-state index is -0.876. The Balaban J connectivity index is 1.64. The van der Waals surface area contributed by atoms with Crippen molar-refractivity contribution < 1.29 is 4.79 Å². The average molecular weight is 455 g/mol. The van der Waals surface area contributed by atoms with Gasteiger partial charge < -0.3 is 5.73 Å². The highest BCUT2D eigenvalue weighted by atomic mass is 32.1. The van der Waals surface area contributed by atoms with Crippen molar-refractivity contribution in [2.24, 2.45) is 17.8 Å². The summed E-state index contributed by atoms with van der Waals surface area (Å²) in [7, 11) is 3.53. The highest BCUT2D eigenvalue weighted by Crippen LogP contribution is 2.47.